The molecule has 1 fully saturated rings. The number of nitrogen functional groups attached to an aromatic ring is 1. The van der Waals surface area contributed by atoms with Gasteiger partial charge in [0.1, 0.15) is 5.82 Å². The molecular weight excluding hydrogens is 219 g/mol. The van der Waals surface area contributed by atoms with E-state index in [1.54, 1.807) is 12.1 Å². The summed E-state index contributed by atoms with van der Waals surface area (Å²) in [5, 5.41) is 0. The molecule has 0 spiro atoms. The Bertz CT molecular complexity index is 367. The molecule has 2 N–H and O–H groups in total. The van der Waals surface area contributed by atoms with Crippen LogP contribution < -0.4 is 5.73 Å². The second kappa shape index (κ2) is 5.02. The Morgan fingerprint density at radius 2 is 2.00 bits per heavy atom. The van der Waals surface area contributed by atoms with Gasteiger partial charge in [0.15, 0.2) is 0 Å². The van der Waals surface area contributed by atoms with Crippen LogP contribution in [0.3, 0.4) is 0 Å². The maximum Gasteiger partial charge on any atom is 0.129 e. The lowest BCUT2D eigenvalue weighted by Gasteiger charge is -2.35. The Hall–Kier alpha value is -1.13. The van der Waals surface area contributed by atoms with Crippen LogP contribution in [0.25, 0.3) is 0 Å². The molecule has 1 aromatic rings. The number of morpholine rings is 1. The van der Waals surface area contributed by atoms with Crippen LogP contribution in [0.5, 0.6) is 0 Å². The Morgan fingerprint density at radius 1 is 1.35 bits per heavy atom. The molecule has 2 atom stereocenters. The van der Waals surface area contributed by atoms with E-state index in [2.05, 4.69) is 4.90 Å². The number of halogens is 1. The maximum atomic E-state index is 13.7. The van der Waals surface area contributed by atoms with E-state index >= 15 is 0 Å². The zero-order valence-electron chi connectivity index (χ0n) is 10.3. The van der Waals surface area contributed by atoms with Gasteiger partial charge < -0.3 is 10.5 Å². The summed E-state index contributed by atoms with van der Waals surface area (Å²) in [4.78, 5) is 2.19. The Morgan fingerprint density at radius 3 is 2.59 bits per heavy atom. The summed E-state index contributed by atoms with van der Waals surface area (Å²) >= 11 is 0. The minimum absolute atomic E-state index is 0.187. The lowest BCUT2D eigenvalue weighted by atomic mass is 10.1. The lowest BCUT2D eigenvalue weighted by molar-refractivity contribution is -0.0706. The summed E-state index contributed by atoms with van der Waals surface area (Å²) in [6, 6.07) is 4.84. The van der Waals surface area contributed by atoms with Crippen LogP contribution in [0, 0.1) is 5.82 Å². The summed E-state index contributed by atoms with van der Waals surface area (Å²) in [7, 11) is 0. The zero-order valence-corrected chi connectivity index (χ0v) is 10.3. The maximum absolute atomic E-state index is 13.7. The predicted molar refractivity (Wildman–Crippen MR) is 66.1 cm³/mol. The van der Waals surface area contributed by atoms with Crippen molar-refractivity contribution in [2.75, 3.05) is 18.8 Å². The minimum Gasteiger partial charge on any atom is -0.398 e. The van der Waals surface area contributed by atoms with Gasteiger partial charge in [0.25, 0.3) is 0 Å². The molecule has 0 amide bonds. The van der Waals surface area contributed by atoms with Crippen LogP contribution in [0.15, 0.2) is 18.2 Å². The molecule has 1 aromatic carbocycles. The van der Waals surface area contributed by atoms with Crippen molar-refractivity contribution in [3.05, 3.63) is 29.6 Å². The standard InChI is InChI=1S/C13H19FN2O/c1-9-6-16(7-10(2)17-9)8-11-12(14)4-3-5-13(11)15/h3-5,9-10H,6-8,15H2,1-2H3. The molecule has 2 rings (SSSR count). The Balaban J connectivity index is 2.10. The molecule has 2 unspecified atom stereocenters. The fourth-order valence-electron chi connectivity index (χ4n) is 2.38. The predicted octanol–water partition coefficient (Wildman–Crippen LogP) is 2.02. The number of hydrogen-bond donors (Lipinski definition) is 1. The highest BCUT2D eigenvalue weighted by Gasteiger charge is 2.23. The Labute approximate surface area is 101 Å². The number of ether oxygens (including phenoxy) is 1. The average Bonchev–Trinajstić information content (AvgIpc) is 2.22. The fraction of sp³-hybridized carbons (Fsp3) is 0.538. The van der Waals surface area contributed by atoms with Gasteiger partial charge in [-0.25, -0.2) is 4.39 Å². The van der Waals surface area contributed by atoms with Gasteiger partial charge in [-0.1, -0.05) is 6.07 Å². The van der Waals surface area contributed by atoms with E-state index in [0.29, 0.717) is 17.8 Å². The molecule has 1 aliphatic heterocycles. The van der Waals surface area contributed by atoms with Gasteiger partial charge in [0.2, 0.25) is 0 Å². The van der Waals surface area contributed by atoms with Crippen molar-refractivity contribution in [1.29, 1.82) is 0 Å². The number of nitrogens with two attached hydrogens (primary N) is 1. The van der Waals surface area contributed by atoms with Gasteiger partial charge in [0, 0.05) is 30.9 Å². The van der Waals surface area contributed by atoms with Crippen molar-refractivity contribution >= 4 is 5.69 Å². The Kier molecular flexibility index (Phi) is 3.64. The molecule has 94 valence electrons. The van der Waals surface area contributed by atoms with Gasteiger partial charge in [-0.2, -0.15) is 0 Å². The van der Waals surface area contributed by atoms with Gasteiger partial charge in [0.05, 0.1) is 12.2 Å². The van der Waals surface area contributed by atoms with E-state index in [1.165, 1.54) is 6.07 Å². The number of nitrogens with zero attached hydrogens (tertiary/aromatic N) is 1. The number of benzene rings is 1. The fourth-order valence-corrected chi connectivity index (χ4v) is 2.38. The third-order valence-electron chi connectivity index (χ3n) is 3.03. The van der Waals surface area contributed by atoms with Gasteiger partial charge in [-0.05, 0) is 26.0 Å². The van der Waals surface area contributed by atoms with Crippen molar-refractivity contribution in [3.8, 4) is 0 Å². The van der Waals surface area contributed by atoms with Crippen molar-refractivity contribution in [3.63, 3.8) is 0 Å². The SMILES string of the molecule is CC1CN(Cc2c(N)cccc2F)CC(C)O1. The monoisotopic (exact) mass is 238 g/mol. The highest BCUT2D eigenvalue weighted by atomic mass is 19.1. The summed E-state index contributed by atoms with van der Waals surface area (Å²) in [5.41, 5.74) is 6.93. The van der Waals surface area contributed by atoms with E-state index in [-0.39, 0.29) is 18.0 Å². The largest absolute Gasteiger partial charge is 0.398 e. The molecule has 17 heavy (non-hydrogen) atoms. The van der Waals surface area contributed by atoms with E-state index in [4.69, 9.17) is 10.5 Å². The molecule has 1 aliphatic rings. The van der Waals surface area contributed by atoms with Crippen LogP contribution in [-0.2, 0) is 11.3 Å². The van der Waals surface area contributed by atoms with E-state index < -0.39 is 0 Å². The minimum atomic E-state index is -0.225. The summed E-state index contributed by atoms with van der Waals surface area (Å²) < 4.78 is 19.3. The normalized spacial score (nSPS) is 26.1. The summed E-state index contributed by atoms with van der Waals surface area (Å²) in [5.74, 6) is -0.225. The third-order valence-corrected chi connectivity index (χ3v) is 3.03. The van der Waals surface area contributed by atoms with Gasteiger partial charge in [-0.3, -0.25) is 4.90 Å². The molecule has 0 aromatic heterocycles. The molecule has 1 saturated heterocycles. The highest BCUT2D eigenvalue weighted by molar-refractivity contribution is 5.47. The highest BCUT2D eigenvalue weighted by Crippen LogP contribution is 2.20. The number of hydrogen-bond acceptors (Lipinski definition) is 3. The molecule has 0 bridgehead atoms. The number of anilines is 1. The summed E-state index contributed by atoms with van der Waals surface area (Å²) in [6.07, 6.45) is 0.374. The summed E-state index contributed by atoms with van der Waals surface area (Å²) in [6.45, 7) is 6.26. The van der Waals surface area contributed by atoms with Crippen LogP contribution >= 0.6 is 0 Å². The third kappa shape index (κ3) is 2.96. The molecule has 1 heterocycles. The second-order valence-electron chi connectivity index (χ2n) is 4.76. The second-order valence-corrected chi connectivity index (χ2v) is 4.76. The first kappa shape index (κ1) is 12.3. The van der Waals surface area contributed by atoms with Crippen LogP contribution in [0.4, 0.5) is 10.1 Å². The first-order valence-corrected chi connectivity index (χ1v) is 5.97. The molecule has 0 saturated carbocycles. The topological polar surface area (TPSA) is 38.5 Å². The molecule has 0 radical (unpaired) electrons. The molecular formula is C13H19FN2O. The van der Waals surface area contributed by atoms with E-state index in [0.717, 1.165) is 13.1 Å². The zero-order chi connectivity index (χ0) is 12.4. The van der Waals surface area contributed by atoms with Crippen molar-refractivity contribution < 1.29 is 9.13 Å². The van der Waals surface area contributed by atoms with E-state index in [9.17, 15) is 4.39 Å². The average molecular weight is 238 g/mol. The smallest absolute Gasteiger partial charge is 0.129 e. The van der Waals surface area contributed by atoms with Gasteiger partial charge >= 0.3 is 0 Å². The molecule has 0 aliphatic carbocycles. The lowest BCUT2D eigenvalue weighted by Crippen LogP contribution is -2.45. The molecule has 3 nitrogen and oxygen atoms in total. The van der Waals surface area contributed by atoms with Crippen LogP contribution in [0.1, 0.15) is 19.4 Å². The van der Waals surface area contributed by atoms with Crippen molar-refractivity contribution in [2.24, 2.45) is 0 Å². The van der Waals surface area contributed by atoms with Crippen LogP contribution in [0.2, 0.25) is 0 Å². The quantitative estimate of drug-likeness (QED) is 0.801. The van der Waals surface area contributed by atoms with Gasteiger partial charge in [-0.15, -0.1) is 0 Å². The first-order valence-electron chi connectivity index (χ1n) is 5.97. The molecule has 4 heteroatoms. The van der Waals surface area contributed by atoms with Crippen LogP contribution in [-0.4, -0.2) is 30.2 Å². The van der Waals surface area contributed by atoms with Crippen molar-refractivity contribution in [2.45, 2.75) is 32.6 Å². The van der Waals surface area contributed by atoms with Crippen molar-refractivity contribution in [1.82, 2.24) is 4.90 Å². The van der Waals surface area contributed by atoms with E-state index in [1.807, 2.05) is 13.8 Å². The first-order chi connectivity index (χ1) is 8.06. The number of rotatable bonds is 2.